The Bertz CT molecular complexity index is 600. The summed E-state index contributed by atoms with van der Waals surface area (Å²) in [5.74, 6) is 0.906. The lowest BCUT2D eigenvalue weighted by Gasteiger charge is -2.15. The summed E-state index contributed by atoms with van der Waals surface area (Å²) in [4.78, 5) is 12.8. The fourth-order valence-corrected chi connectivity index (χ4v) is 5.37. The molecule has 142 valence electrons. The summed E-state index contributed by atoms with van der Waals surface area (Å²) in [6.45, 7) is 8.25. The SMILES string of the molecule is CCCCC(CC)COC(=O)CCSc1cccc(P(C)(C)=O)c1Cl. The molecule has 0 bridgehead atoms. The van der Waals surface area contributed by atoms with Crippen LogP contribution in [0.3, 0.4) is 0 Å². The number of carbonyl (C=O) groups excluding carboxylic acids is 1. The van der Waals surface area contributed by atoms with Crippen molar-refractivity contribution in [3.63, 3.8) is 0 Å². The van der Waals surface area contributed by atoms with Crippen molar-refractivity contribution in [2.24, 2.45) is 5.92 Å². The first kappa shape index (κ1) is 22.6. The van der Waals surface area contributed by atoms with Gasteiger partial charge < -0.3 is 9.30 Å². The molecule has 3 nitrogen and oxygen atoms in total. The Morgan fingerprint density at radius 1 is 1.32 bits per heavy atom. The molecule has 0 aliphatic heterocycles. The van der Waals surface area contributed by atoms with Gasteiger partial charge in [0.15, 0.2) is 0 Å². The topological polar surface area (TPSA) is 43.4 Å². The second kappa shape index (κ2) is 11.3. The summed E-state index contributed by atoms with van der Waals surface area (Å²) in [5.41, 5.74) is 0. The molecule has 0 fully saturated rings. The standard InChI is InChI=1S/C19H30ClO3PS/c1-5-7-9-15(6-2)14-23-18(21)12-13-25-17-11-8-10-16(19(17)20)24(3,4)22/h8,10-11,15H,5-7,9,12-14H2,1-4H3. The molecule has 1 atom stereocenters. The molecule has 6 heteroatoms. The van der Waals surface area contributed by atoms with Gasteiger partial charge in [0.1, 0.15) is 7.14 Å². The van der Waals surface area contributed by atoms with E-state index in [1.807, 2.05) is 18.2 Å². The van der Waals surface area contributed by atoms with Crippen molar-refractivity contribution >= 4 is 41.8 Å². The number of esters is 1. The van der Waals surface area contributed by atoms with E-state index in [0.29, 0.717) is 35.0 Å². The Morgan fingerprint density at radius 2 is 2.04 bits per heavy atom. The van der Waals surface area contributed by atoms with Crippen molar-refractivity contribution in [2.75, 3.05) is 25.7 Å². The maximum Gasteiger partial charge on any atom is 0.306 e. The number of halogens is 1. The number of carbonyl (C=O) groups is 1. The zero-order valence-electron chi connectivity index (χ0n) is 15.7. The van der Waals surface area contributed by atoms with E-state index in [1.165, 1.54) is 24.6 Å². The minimum Gasteiger partial charge on any atom is -0.465 e. The van der Waals surface area contributed by atoms with E-state index in [-0.39, 0.29) is 5.97 Å². The number of benzene rings is 1. The average Bonchev–Trinajstić information content (AvgIpc) is 2.55. The number of unbranched alkanes of at least 4 members (excludes halogenated alkanes) is 1. The first-order valence-corrected chi connectivity index (χ1v) is 12.9. The van der Waals surface area contributed by atoms with Crippen LogP contribution in [0.15, 0.2) is 23.1 Å². The first-order valence-electron chi connectivity index (χ1n) is 8.92. The van der Waals surface area contributed by atoms with E-state index >= 15 is 0 Å². The number of hydrogen-bond donors (Lipinski definition) is 0. The molecule has 0 heterocycles. The minimum absolute atomic E-state index is 0.161. The zero-order chi connectivity index (χ0) is 18.9. The van der Waals surface area contributed by atoms with Crippen LogP contribution in [0.1, 0.15) is 46.0 Å². The van der Waals surface area contributed by atoms with E-state index in [2.05, 4.69) is 13.8 Å². The van der Waals surface area contributed by atoms with Crippen LogP contribution in [-0.4, -0.2) is 31.7 Å². The van der Waals surface area contributed by atoms with Crippen molar-refractivity contribution in [1.29, 1.82) is 0 Å². The zero-order valence-corrected chi connectivity index (χ0v) is 18.2. The highest BCUT2D eigenvalue weighted by molar-refractivity contribution is 7.99. The molecular formula is C19H30ClO3PS. The fourth-order valence-electron chi connectivity index (χ4n) is 2.45. The molecule has 1 aromatic rings. The van der Waals surface area contributed by atoms with Crippen LogP contribution in [-0.2, 0) is 14.1 Å². The molecule has 0 aliphatic carbocycles. The Kier molecular flexibility index (Phi) is 10.2. The largest absolute Gasteiger partial charge is 0.465 e. The van der Waals surface area contributed by atoms with E-state index in [1.54, 1.807) is 13.3 Å². The molecule has 0 radical (unpaired) electrons. The van der Waals surface area contributed by atoms with Crippen LogP contribution >= 0.6 is 30.5 Å². The molecule has 1 aromatic carbocycles. The second-order valence-electron chi connectivity index (χ2n) is 6.64. The Morgan fingerprint density at radius 3 is 2.64 bits per heavy atom. The van der Waals surface area contributed by atoms with Crippen molar-refractivity contribution in [3.8, 4) is 0 Å². The predicted molar refractivity (Wildman–Crippen MR) is 110 cm³/mol. The quantitative estimate of drug-likeness (QED) is 0.264. The summed E-state index contributed by atoms with van der Waals surface area (Å²) in [6.07, 6.45) is 4.86. The van der Waals surface area contributed by atoms with Gasteiger partial charge in [-0.15, -0.1) is 11.8 Å². The highest BCUT2D eigenvalue weighted by Gasteiger charge is 2.18. The van der Waals surface area contributed by atoms with Gasteiger partial charge in [-0.05, 0) is 37.8 Å². The van der Waals surface area contributed by atoms with Gasteiger partial charge in [-0.3, -0.25) is 4.79 Å². The molecule has 25 heavy (non-hydrogen) atoms. The summed E-state index contributed by atoms with van der Waals surface area (Å²) >= 11 is 7.88. The molecule has 0 spiro atoms. The van der Waals surface area contributed by atoms with Gasteiger partial charge >= 0.3 is 5.97 Å². The number of hydrogen-bond acceptors (Lipinski definition) is 4. The van der Waals surface area contributed by atoms with Gasteiger partial charge in [0.05, 0.1) is 18.1 Å². The predicted octanol–water partition coefficient (Wildman–Crippen LogP) is 5.83. The highest BCUT2D eigenvalue weighted by atomic mass is 35.5. The monoisotopic (exact) mass is 404 g/mol. The third-order valence-corrected chi connectivity index (χ3v) is 7.35. The summed E-state index contributed by atoms with van der Waals surface area (Å²) in [5, 5.41) is 1.24. The molecule has 0 amide bonds. The smallest absolute Gasteiger partial charge is 0.306 e. The van der Waals surface area contributed by atoms with Gasteiger partial charge in [0.2, 0.25) is 0 Å². The van der Waals surface area contributed by atoms with Crippen LogP contribution in [0.4, 0.5) is 0 Å². The van der Waals surface area contributed by atoms with E-state index < -0.39 is 7.14 Å². The lowest BCUT2D eigenvalue weighted by atomic mass is 10.0. The van der Waals surface area contributed by atoms with Crippen molar-refractivity contribution in [2.45, 2.75) is 50.8 Å². The lowest BCUT2D eigenvalue weighted by Crippen LogP contribution is -2.14. The fraction of sp³-hybridized carbons (Fsp3) is 0.632. The minimum atomic E-state index is -2.41. The molecule has 0 saturated carbocycles. The summed E-state index contributed by atoms with van der Waals surface area (Å²) < 4.78 is 17.7. The van der Waals surface area contributed by atoms with E-state index in [4.69, 9.17) is 16.3 Å². The third-order valence-electron chi connectivity index (χ3n) is 4.11. The van der Waals surface area contributed by atoms with E-state index in [0.717, 1.165) is 17.7 Å². The van der Waals surface area contributed by atoms with Crippen LogP contribution in [0.2, 0.25) is 5.02 Å². The van der Waals surface area contributed by atoms with Crippen molar-refractivity contribution in [1.82, 2.24) is 0 Å². The second-order valence-corrected chi connectivity index (χ2v) is 11.3. The highest BCUT2D eigenvalue weighted by Crippen LogP contribution is 2.40. The van der Waals surface area contributed by atoms with E-state index in [9.17, 15) is 9.36 Å². The number of thioether (sulfide) groups is 1. The molecule has 1 unspecified atom stereocenters. The normalized spacial score (nSPS) is 12.8. The van der Waals surface area contributed by atoms with Gasteiger partial charge in [-0.2, -0.15) is 0 Å². The molecule has 0 N–H and O–H groups in total. The summed E-state index contributed by atoms with van der Waals surface area (Å²) in [6, 6.07) is 5.57. The van der Waals surface area contributed by atoms with Crippen molar-refractivity contribution in [3.05, 3.63) is 23.2 Å². The molecule has 0 aromatic heterocycles. The average molecular weight is 405 g/mol. The maximum atomic E-state index is 12.3. The Hall–Kier alpha value is -0.440. The lowest BCUT2D eigenvalue weighted by molar-refractivity contribution is -0.144. The number of ether oxygens (including phenoxy) is 1. The maximum absolute atomic E-state index is 12.3. The Labute approximate surface area is 161 Å². The third kappa shape index (κ3) is 8.19. The summed E-state index contributed by atoms with van der Waals surface area (Å²) in [7, 11) is -2.41. The van der Waals surface area contributed by atoms with Crippen LogP contribution < -0.4 is 5.30 Å². The van der Waals surface area contributed by atoms with Gasteiger partial charge in [-0.25, -0.2) is 0 Å². The van der Waals surface area contributed by atoms with Gasteiger partial charge in [-0.1, -0.05) is 50.8 Å². The molecule has 0 aliphatic rings. The van der Waals surface area contributed by atoms with Gasteiger partial charge in [0, 0.05) is 16.0 Å². The van der Waals surface area contributed by atoms with Crippen LogP contribution in [0, 0.1) is 5.92 Å². The van der Waals surface area contributed by atoms with Gasteiger partial charge in [0.25, 0.3) is 0 Å². The van der Waals surface area contributed by atoms with Crippen LogP contribution in [0.5, 0.6) is 0 Å². The molecule has 1 rings (SSSR count). The van der Waals surface area contributed by atoms with Crippen molar-refractivity contribution < 1.29 is 14.1 Å². The number of rotatable bonds is 11. The first-order chi connectivity index (χ1) is 11.8. The Balaban J connectivity index is 2.45. The molecular weight excluding hydrogens is 375 g/mol. The van der Waals surface area contributed by atoms with Crippen LogP contribution in [0.25, 0.3) is 0 Å². The molecule has 0 saturated heterocycles.